The Hall–Kier alpha value is -3.08. The lowest BCUT2D eigenvalue weighted by molar-refractivity contribution is -0.111. The summed E-state index contributed by atoms with van der Waals surface area (Å²) < 4.78 is 0. The SMILES string of the molecule is CC(C)(N)c1ccc(C2=c3cc4c(cc3NC2=O)=C(c2ccc(-c3ccc(C(C)(C)N)s3)s2)C(=O)N4)s1. The fourth-order valence-electron chi connectivity index (χ4n) is 4.56. The van der Waals surface area contributed by atoms with E-state index in [4.69, 9.17) is 11.5 Å². The molecule has 188 valence electrons. The number of benzene rings is 1. The van der Waals surface area contributed by atoms with Gasteiger partial charge in [0, 0.05) is 62.2 Å². The Bertz CT molecular complexity index is 1740. The molecular weight excluding hydrogens is 521 g/mol. The van der Waals surface area contributed by atoms with E-state index in [9.17, 15) is 9.59 Å². The largest absolute Gasteiger partial charge is 0.321 e. The van der Waals surface area contributed by atoms with Crippen LogP contribution in [0.25, 0.3) is 20.9 Å². The van der Waals surface area contributed by atoms with Crippen LogP contribution in [0, 0.1) is 0 Å². The Morgan fingerprint density at radius 2 is 0.973 bits per heavy atom. The molecule has 2 aliphatic rings. The van der Waals surface area contributed by atoms with Crippen molar-refractivity contribution in [3.8, 4) is 9.75 Å². The Morgan fingerprint density at radius 1 is 0.595 bits per heavy atom. The molecule has 37 heavy (non-hydrogen) atoms. The Kier molecular flexibility index (Phi) is 5.38. The summed E-state index contributed by atoms with van der Waals surface area (Å²) in [6.07, 6.45) is 0. The van der Waals surface area contributed by atoms with Crippen LogP contribution in [0.1, 0.15) is 47.2 Å². The minimum absolute atomic E-state index is 0.141. The molecule has 6 rings (SSSR count). The second-order valence-electron chi connectivity index (χ2n) is 10.5. The fraction of sp³-hybridized carbons (Fsp3) is 0.214. The highest BCUT2D eigenvalue weighted by molar-refractivity contribution is 7.23. The molecule has 4 aromatic rings. The van der Waals surface area contributed by atoms with E-state index >= 15 is 0 Å². The van der Waals surface area contributed by atoms with Gasteiger partial charge in [0.1, 0.15) is 0 Å². The average molecular weight is 547 g/mol. The second-order valence-corrected chi connectivity index (χ2v) is 13.8. The van der Waals surface area contributed by atoms with E-state index < -0.39 is 11.1 Å². The number of carbonyl (C=O) groups excluding carboxylic acids is 2. The molecule has 0 saturated heterocycles. The van der Waals surface area contributed by atoms with Crippen molar-refractivity contribution in [2.45, 2.75) is 38.8 Å². The highest BCUT2D eigenvalue weighted by Gasteiger charge is 2.29. The van der Waals surface area contributed by atoms with E-state index in [1.54, 1.807) is 22.7 Å². The van der Waals surface area contributed by atoms with Crippen molar-refractivity contribution in [1.29, 1.82) is 0 Å². The molecule has 6 nitrogen and oxygen atoms in total. The first kappa shape index (κ1) is 24.3. The van der Waals surface area contributed by atoms with Crippen LogP contribution in [-0.2, 0) is 20.7 Å². The zero-order valence-electron chi connectivity index (χ0n) is 20.8. The monoisotopic (exact) mass is 546 g/mol. The van der Waals surface area contributed by atoms with Crippen molar-refractivity contribution in [3.63, 3.8) is 0 Å². The molecule has 5 heterocycles. The number of carbonyl (C=O) groups is 2. The van der Waals surface area contributed by atoms with E-state index in [2.05, 4.69) is 22.8 Å². The van der Waals surface area contributed by atoms with E-state index in [-0.39, 0.29) is 11.8 Å². The molecular formula is C28H26N4O2S3. The Balaban J connectivity index is 1.45. The summed E-state index contributed by atoms with van der Waals surface area (Å²) in [5, 5.41) is 7.59. The molecule has 0 aliphatic carbocycles. The minimum Gasteiger partial charge on any atom is -0.321 e. The maximum atomic E-state index is 13.1. The third kappa shape index (κ3) is 4.07. The van der Waals surface area contributed by atoms with Crippen molar-refractivity contribution < 1.29 is 9.59 Å². The summed E-state index contributed by atoms with van der Waals surface area (Å²) in [7, 11) is 0. The predicted octanol–water partition coefficient (Wildman–Crippen LogP) is 4.23. The zero-order chi connectivity index (χ0) is 26.3. The van der Waals surface area contributed by atoms with Crippen molar-refractivity contribution in [2.24, 2.45) is 11.5 Å². The van der Waals surface area contributed by atoms with Crippen LogP contribution in [0.3, 0.4) is 0 Å². The van der Waals surface area contributed by atoms with Gasteiger partial charge in [0.15, 0.2) is 0 Å². The van der Waals surface area contributed by atoms with Crippen LogP contribution in [0.5, 0.6) is 0 Å². The molecule has 0 saturated carbocycles. The average Bonchev–Trinajstić information content (AvgIpc) is 3.59. The molecule has 3 aromatic heterocycles. The summed E-state index contributed by atoms with van der Waals surface area (Å²) in [5.74, 6) is -0.289. The maximum absolute atomic E-state index is 13.1. The summed E-state index contributed by atoms with van der Waals surface area (Å²) in [6.45, 7) is 7.88. The first-order valence-corrected chi connectivity index (χ1v) is 14.3. The van der Waals surface area contributed by atoms with Gasteiger partial charge in [0.2, 0.25) is 0 Å². The van der Waals surface area contributed by atoms with Gasteiger partial charge in [-0.3, -0.25) is 9.59 Å². The first-order chi connectivity index (χ1) is 17.4. The van der Waals surface area contributed by atoms with E-state index in [1.165, 1.54) is 11.3 Å². The molecule has 0 fully saturated rings. The van der Waals surface area contributed by atoms with Gasteiger partial charge in [-0.1, -0.05) is 0 Å². The van der Waals surface area contributed by atoms with Gasteiger partial charge in [-0.2, -0.15) is 0 Å². The summed E-state index contributed by atoms with van der Waals surface area (Å²) in [4.78, 5) is 32.2. The Morgan fingerprint density at radius 3 is 1.46 bits per heavy atom. The summed E-state index contributed by atoms with van der Waals surface area (Å²) >= 11 is 4.77. The molecule has 0 radical (unpaired) electrons. The Labute approximate surface area is 226 Å². The zero-order valence-corrected chi connectivity index (χ0v) is 23.3. The summed E-state index contributed by atoms with van der Waals surface area (Å²) in [6, 6.07) is 15.9. The number of fused-ring (bicyclic) bond motifs is 2. The summed E-state index contributed by atoms with van der Waals surface area (Å²) in [5.41, 5.74) is 14.3. The lowest BCUT2D eigenvalue weighted by Gasteiger charge is -2.15. The number of nitrogens with two attached hydrogens (primary N) is 2. The second kappa shape index (κ2) is 8.21. The molecule has 0 unspecified atom stereocenters. The molecule has 0 atom stereocenters. The first-order valence-electron chi connectivity index (χ1n) is 11.8. The van der Waals surface area contributed by atoms with Gasteiger partial charge in [-0.25, -0.2) is 0 Å². The normalized spacial score (nSPS) is 15.2. The standard InChI is InChI=1S/C28H26N4O2S3/c1-27(2,29)21-9-7-18(36-21)17-5-6-19(35-17)23-13-11-16-14(12-15(13)31-25(23)33)24(26(34)32-16)20-8-10-22(37-20)28(3,4)30/h5-12H,29-30H2,1-4H3,(H,31,33)(H,32,34). The minimum atomic E-state index is -0.484. The molecule has 2 amide bonds. The lowest BCUT2D eigenvalue weighted by atomic mass is 10.1. The predicted molar refractivity (Wildman–Crippen MR) is 154 cm³/mol. The maximum Gasteiger partial charge on any atom is 0.257 e. The van der Waals surface area contributed by atoms with Crippen LogP contribution < -0.4 is 32.5 Å². The van der Waals surface area contributed by atoms with Gasteiger partial charge in [-0.05, 0) is 76.2 Å². The van der Waals surface area contributed by atoms with Gasteiger partial charge < -0.3 is 22.1 Å². The highest BCUT2D eigenvalue weighted by Crippen LogP contribution is 2.39. The fourth-order valence-corrected chi connectivity index (χ4v) is 7.81. The van der Waals surface area contributed by atoms with Crippen LogP contribution in [0.2, 0.25) is 0 Å². The van der Waals surface area contributed by atoms with Gasteiger partial charge >= 0.3 is 0 Å². The molecule has 9 heteroatoms. The number of thiophene rings is 3. The van der Waals surface area contributed by atoms with E-state index in [1.807, 2.05) is 64.1 Å². The van der Waals surface area contributed by atoms with Crippen LogP contribution in [0.4, 0.5) is 11.4 Å². The van der Waals surface area contributed by atoms with Crippen molar-refractivity contribution in [3.05, 3.63) is 78.5 Å². The van der Waals surface area contributed by atoms with Gasteiger partial charge in [-0.15, -0.1) is 34.0 Å². The third-order valence-electron chi connectivity index (χ3n) is 6.47. The number of anilines is 2. The molecule has 0 bridgehead atoms. The van der Waals surface area contributed by atoms with Gasteiger partial charge in [0.05, 0.1) is 11.1 Å². The molecule has 2 aliphatic heterocycles. The van der Waals surface area contributed by atoms with Crippen molar-refractivity contribution in [2.75, 3.05) is 10.6 Å². The van der Waals surface area contributed by atoms with Crippen molar-refractivity contribution >= 4 is 68.3 Å². The third-order valence-corrected chi connectivity index (χ3v) is 10.6. The van der Waals surface area contributed by atoms with Gasteiger partial charge in [0.25, 0.3) is 11.8 Å². The molecule has 0 spiro atoms. The smallest absolute Gasteiger partial charge is 0.257 e. The topological polar surface area (TPSA) is 110 Å². The van der Waals surface area contributed by atoms with E-state index in [0.29, 0.717) is 22.5 Å². The quantitative estimate of drug-likeness (QED) is 0.300. The highest BCUT2D eigenvalue weighted by atomic mass is 32.1. The van der Waals surface area contributed by atoms with Crippen LogP contribution in [0.15, 0.2) is 48.5 Å². The van der Waals surface area contributed by atoms with E-state index in [0.717, 1.165) is 39.7 Å². The number of nitrogens with one attached hydrogen (secondary N) is 2. The number of hydrogen-bond acceptors (Lipinski definition) is 7. The van der Waals surface area contributed by atoms with Crippen LogP contribution in [-0.4, -0.2) is 11.8 Å². The lowest BCUT2D eigenvalue weighted by Crippen LogP contribution is -2.27. The molecule has 6 N–H and O–H groups in total. The van der Waals surface area contributed by atoms with Crippen LogP contribution >= 0.6 is 34.0 Å². The number of amides is 2. The van der Waals surface area contributed by atoms with Crippen molar-refractivity contribution in [1.82, 2.24) is 0 Å². The number of rotatable bonds is 5. The number of hydrogen-bond donors (Lipinski definition) is 4. The molecule has 1 aromatic carbocycles.